The first-order valence-corrected chi connectivity index (χ1v) is 6.93. The van der Waals surface area contributed by atoms with E-state index in [2.05, 4.69) is 4.98 Å². The van der Waals surface area contributed by atoms with Crippen molar-refractivity contribution in [2.45, 2.75) is 25.4 Å². The Balaban J connectivity index is 1.69. The highest BCUT2D eigenvalue weighted by molar-refractivity contribution is 5.97. The van der Waals surface area contributed by atoms with Gasteiger partial charge in [0, 0.05) is 37.4 Å². The summed E-state index contributed by atoms with van der Waals surface area (Å²) in [6, 6.07) is 3.78. The second kappa shape index (κ2) is 5.20. The molecule has 0 aromatic carbocycles. The van der Waals surface area contributed by atoms with Gasteiger partial charge in [-0.3, -0.25) is 14.6 Å². The number of piperazine rings is 1. The van der Waals surface area contributed by atoms with Gasteiger partial charge in [-0.1, -0.05) is 0 Å². The molecule has 3 rings (SSSR count). The van der Waals surface area contributed by atoms with Gasteiger partial charge in [-0.15, -0.1) is 0 Å². The number of carbonyl (C=O) groups is 2. The molecule has 0 spiro atoms. The van der Waals surface area contributed by atoms with Crippen LogP contribution in [0.5, 0.6) is 0 Å². The van der Waals surface area contributed by atoms with E-state index in [1.54, 1.807) is 23.2 Å². The Morgan fingerprint density at radius 2 is 2.20 bits per heavy atom. The first-order valence-electron chi connectivity index (χ1n) is 6.93. The molecule has 2 fully saturated rings. The molecule has 20 heavy (non-hydrogen) atoms. The van der Waals surface area contributed by atoms with Crippen LogP contribution >= 0.6 is 0 Å². The second-order valence-corrected chi connectivity index (χ2v) is 5.28. The van der Waals surface area contributed by atoms with Gasteiger partial charge in [-0.05, 0) is 25.0 Å². The molecule has 2 heterocycles. The van der Waals surface area contributed by atoms with Gasteiger partial charge in [0.05, 0.1) is 5.69 Å². The minimum absolute atomic E-state index is 0.0557. The number of nitrogens with zero attached hydrogens (tertiary/aromatic N) is 3. The predicted molar refractivity (Wildman–Crippen MR) is 72.8 cm³/mol. The summed E-state index contributed by atoms with van der Waals surface area (Å²) in [5.41, 5.74) is 6.76. The Kier molecular flexibility index (Phi) is 3.40. The van der Waals surface area contributed by atoms with E-state index in [1.165, 1.54) is 0 Å². The molecule has 2 N–H and O–H groups in total. The van der Waals surface area contributed by atoms with Gasteiger partial charge in [0.2, 0.25) is 5.91 Å². The van der Waals surface area contributed by atoms with Crippen LogP contribution in [0.15, 0.2) is 18.3 Å². The fourth-order valence-corrected chi connectivity index (χ4v) is 2.54. The lowest BCUT2D eigenvalue weighted by Crippen LogP contribution is -2.52. The van der Waals surface area contributed by atoms with Crippen LogP contribution in [0.4, 0.5) is 0 Å². The van der Waals surface area contributed by atoms with E-state index >= 15 is 0 Å². The summed E-state index contributed by atoms with van der Waals surface area (Å²) < 4.78 is 0. The van der Waals surface area contributed by atoms with Crippen molar-refractivity contribution in [3.8, 4) is 0 Å². The van der Waals surface area contributed by atoms with Gasteiger partial charge < -0.3 is 15.5 Å². The number of nitrogens with two attached hydrogens (primary N) is 1. The minimum atomic E-state index is -0.120. The lowest BCUT2D eigenvalue weighted by Gasteiger charge is -2.34. The molecule has 0 radical (unpaired) electrons. The highest BCUT2D eigenvalue weighted by Gasteiger charge is 2.36. The molecule has 1 saturated carbocycles. The predicted octanol–water partition coefficient (Wildman–Crippen LogP) is -0.0129. The summed E-state index contributed by atoms with van der Waals surface area (Å²) in [7, 11) is 0. The molecule has 2 amide bonds. The van der Waals surface area contributed by atoms with Crippen LogP contribution < -0.4 is 5.73 Å². The van der Waals surface area contributed by atoms with Gasteiger partial charge in [-0.2, -0.15) is 0 Å². The zero-order valence-corrected chi connectivity index (χ0v) is 11.3. The highest BCUT2D eigenvalue weighted by Crippen LogP contribution is 2.28. The van der Waals surface area contributed by atoms with E-state index in [4.69, 9.17) is 5.73 Å². The molecule has 0 bridgehead atoms. The number of aromatic nitrogens is 1. The monoisotopic (exact) mass is 274 g/mol. The topological polar surface area (TPSA) is 79.5 Å². The van der Waals surface area contributed by atoms with Crippen molar-refractivity contribution in [2.75, 3.05) is 19.6 Å². The summed E-state index contributed by atoms with van der Waals surface area (Å²) in [6.45, 7) is 1.72. The average molecular weight is 274 g/mol. The second-order valence-electron chi connectivity index (χ2n) is 5.28. The lowest BCUT2D eigenvalue weighted by molar-refractivity contribution is -0.135. The van der Waals surface area contributed by atoms with Gasteiger partial charge >= 0.3 is 0 Å². The van der Waals surface area contributed by atoms with Crippen LogP contribution in [0.2, 0.25) is 0 Å². The summed E-state index contributed by atoms with van der Waals surface area (Å²) in [6.07, 6.45) is 3.78. The fourth-order valence-electron chi connectivity index (χ4n) is 2.54. The Morgan fingerprint density at radius 3 is 2.85 bits per heavy atom. The van der Waals surface area contributed by atoms with Crippen LogP contribution in [0.1, 0.15) is 28.9 Å². The average Bonchev–Trinajstić information content (AvgIpc) is 3.31. The van der Waals surface area contributed by atoms with Gasteiger partial charge in [-0.25, -0.2) is 0 Å². The first-order chi connectivity index (χ1) is 9.69. The smallest absolute Gasteiger partial charge is 0.254 e. The summed E-state index contributed by atoms with van der Waals surface area (Å²) >= 11 is 0. The molecular weight excluding hydrogens is 256 g/mol. The van der Waals surface area contributed by atoms with Gasteiger partial charge in [0.1, 0.15) is 6.54 Å². The number of hydrogen-bond acceptors (Lipinski definition) is 4. The molecule has 1 saturated heterocycles. The molecule has 0 atom stereocenters. The van der Waals surface area contributed by atoms with Crippen LogP contribution in [-0.2, 0) is 11.3 Å². The van der Waals surface area contributed by atoms with E-state index in [0.29, 0.717) is 36.9 Å². The number of carbonyl (C=O) groups excluding carboxylic acids is 2. The fraction of sp³-hybridized carbons (Fsp3) is 0.500. The number of hydrogen-bond donors (Lipinski definition) is 1. The van der Waals surface area contributed by atoms with E-state index in [0.717, 1.165) is 12.8 Å². The number of pyridine rings is 1. The normalized spacial score (nSPS) is 19.4. The van der Waals surface area contributed by atoms with Crippen LogP contribution in [-0.4, -0.2) is 52.3 Å². The summed E-state index contributed by atoms with van der Waals surface area (Å²) in [4.78, 5) is 32.0. The first kappa shape index (κ1) is 13.1. The molecule has 6 nitrogen and oxygen atoms in total. The zero-order valence-electron chi connectivity index (χ0n) is 11.3. The van der Waals surface area contributed by atoms with Crippen LogP contribution in [0, 0.1) is 0 Å². The molecule has 2 aliphatic rings. The van der Waals surface area contributed by atoms with Crippen molar-refractivity contribution in [1.29, 1.82) is 0 Å². The van der Waals surface area contributed by atoms with E-state index in [-0.39, 0.29) is 18.4 Å². The number of rotatable bonds is 3. The third-order valence-electron chi connectivity index (χ3n) is 3.80. The summed E-state index contributed by atoms with van der Waals surface area (Å²) in [5.74, 6) is -0.0638. The summed E-state index contributed by atoms with van der Waals surface area (Å²) in [5, 5.41) is 0. The minimum Gasteiger partial charge on any atom is -0.336 e. The lowest BCUT2D eigenvalue weighted by atomic mass is 10.2. The Hall–Kier alpha value is -1.95. The van der Waals surface area contributed by atoms with Crippen molar-refractivity contribution < 1.29 is 9.59 Å². The Morgan fingerprint density at radius 1 is 1.40 bits per heavy atom. The van der Waals surface area contributed by atoms with Gasteiger partial charge in [0.15, 0.2) is 0 Å². The zero-order chi connectivity index (χ0) is 14.1. The maximum absolute atomic E-state index is 12.4. The van der Waals surface area contributed by atoms with E-state index in [9.17, 15) is 9.59 Å². The van der Waals surface area contributed by atoms with Crippen molar-refractivity contribution >= 4 is 11.8 Å². The third kappa shape index (κ3) is 2.51. The number of amides is 2. The molecule has 6 heteroatoms. The van der Waals surface area contributed by atoms with E-state index < -0.39 is 0 Å². The molecule has 0 unspecified atom stereocenters. The standard InChI is InChI=1S/C14H18N4O2/c15-8-11-7-10(3-4-16-11)14(20)17-5-6-18(12-1-2-12)13(19)9-17/h3-4,7,12H,1-2,5-6,8-9,15H2. The highest BCUT2D eigenvalue weighted by atomic mass is 16.2. The van der Waals surface area contributed by atoms with Crippen LogP contribution in [0.25, 0.3) is 0 Å². The van der Waals surface area contributed by atoms with Crippen LogP contribution in [0.3, 0.4) is 0 Å². The molecule has 1 aromatic rings. The molecule has 1 aliphatic carbocycles. The van der Waals surface area contributed by atoms with E-state index in [1.807, 2.05) is 4.90 Å². The largest absolute Gasteiger partial charge is 0.336 e. The molecule has 106 valence electrons. The Bertz CT molecular complexity index is 542. The van der Waals surface area contributed by atoms with Crippen molar-refractivity contribution in [3.63, 3.8) is 0 Å². The van der Waals surface area contributed by atoms with Crippen molar-refractivity contribution in [3.05, 3.63) is 29.6 Å². The maximum Gasteiger partial charge on any atom is 0.254 e. The van der Waals surface area contributed by atoms with Crippen molar-refractivity contribution in [1.82, 2.24) is 14.8 Å². The van der Waals surface area contributed by atoms with Gasteiger partial charge in [0.25, 0.3) is 5.91 Å². The molecule has 1 aromatic heterocycles. The quantitative estimate of drug-likeness (QED) is 0.840. The third-order valence-corrected chi connectivity index (χ3v) is 3.80. The van der Waals surface area contributed by atoms with Crippen molar-refractivity contribution in [2.24, 2.45) is 5.73 Å². The SMILES string of the molecule is NCc1cc(C(=O)N2CCN(C3CC3)C(=O)C2)ccn1. The maximum atomic E-state index is 12.4. The molecule has 1 aliphatic heterocycles. The Labute approximate surface area is 117 Å². The molecular formula is C14H18N4O2.